The molecule has 4 atom stereocenters. The van der Waals surface area contributed by atoms with Crippen molar-refractivity contribution in [1.29, 1.82) is 0 Å². The smallest absolute Gasteiger partial charge is 0.238 e. The lowest BCUT2D eigenvalue weighted by molar-refractivity contribution is -0.135. The second-order valence-electron chi connectivity index (χ2n) is 8.26. The van der Waals surface area contributed by atoms with E-state index in [9.17, 15) is 14.0 Å². The first-order valence-corrected chi connectivity index (χ1v) is 11.1. The Bertz CT molecular complexity index is 1230. The molecule has 2 aliphatic rings. The summed E-state index contributed by atoms with van der Waals surface area (Å²) in [4.78, 5) is 27.0. The lowest BCUT2D eigenvalue weighted by Crippen LogP contribution is -2.60. The molecule has 0 aliphatic carbocycles. The van der Waals surface area contributed by atoms with Crippen LogP contribution in [0.2, 0.25) is 0 Å². The Morgan fingerprint density at radius 3 is 2.38 bits per heavy atom. The fourth-order valence-electron chi connectivity index (χ4n) is 5.30. The predicted molar refractivity (Wildman–Crippen MR) is 120 cm³/mol. The van der Waals surface area contributed by atoms with E-state index < -0.39 is 34.9 Å². The van der Waals surface area contributed by atoms with E-state index >= 15 is 4.39 Å². The second kappa shape index (κ2) is 7.52. The summed E-state index contributed by atoms with van der Waals surface area (Å²) in [6, 6.07) is 16.7. The van der Waals surface area contributed by atoms with Crippen molar-refractivity contribution in [3.63, 3.8) is 0 Å². The van der Waals surface area contributed by atoms with Gasteiger partial charge in [0.05, 0.1) is 6.04 Å². The fraction of sp³-hybridized carbons (Fsp3) is 0.200. The van der Waals surface area contributed by atoms with Crippen LogP contribution in [0.4, 0.5) is 14.5 Å². The largest absolute Gasteiger partial charge is 0.348 e. The Balaban J connectivity index is 1.86. The fourth-order valence-corrected chi connectivity index (χ4v) is 5.88. The molecule has 0 radical (unpaired) electrons. The third-order valence-corrected chi connectivity index (χ3v) is 7.35. The molecule has 0 aromatic heterocycles. The zero-order valence-corrected chi connectivity index (χ0v) is 18.6. The Morgan fingerprint density at radius 1 is 0.938 bits per heavy atom. The maximum atomic E-state index is 15.3. The standard InChI is InChI=1S/C25H19BrF2N2O2/c1-13-21(20-17(26)6-4-7-18(20)28)25(16-5-2-3-8-19(16)29-24(25)32)22(30-23(13)31)14-9-11-15(27)12-10-14/h2-13,21-22H,1H3,(H,29,32)(H,30,31)/t13-,21+,22+,25-/m0/s1. The van der Waals surface area contributed by atoms with E-state index in [-0.39, 0.29) is 17.4 Å². The van der Waals surface area contributed by atoms with Crippen molar-refractivity contribution in [2.75, 3.05) is 5.32 Å². The lowest BCUT2D eigenvalue weighted by Gasteiger charge is -2.49. The monoisotopic (exact) mass is 496 g/mol. The van der Waals surface area contributed by atoms with Gasteiger partial charge >= 0.3 is 0 Å². The van der Waals surface area contributed by atoms with Crippen LogP contribution in [0.15, 0.2) is 71.2 Å². The average molecular weight is 497 g/mol. The van der Waals surface area contributed by atoms with Crippen molar-refractivity contribution in [3.8, 4) is 0 Å². The molecular formula is C25H19BrF2N2O2. The Morgan fingerprint density at radius 2 is 1.66 bits per heavy atom. The summed E-state index contributed by atoms with van der Waals surface area (Å²) < 4.78 is 29.5. The molecule has 2 N–H and O–H groups in total. The number of carbonyl (C=O) groups is 2. The van der Waals surface area contributed by atoms with E-state index in [0.29, 0.717) is 21.3 Å². The van der Waals surface area contributed by atoms with Crippen LogP contribution in [-0.4, -0.2) is 11.8 Å². The molecule has 3 aromatic carbocycles. The van der Waals surface area contributed by atoms with Crippen LogP contribution >= 0.6 is 15.9 Å². The third-order valence-electron chi connectivity index (χ3n) is 6.66. The summed E-state index contributed by atoms with van der Waals surface area (Å²) in [5, 5.41) is 5.93. The van der Waals surface area contributed by atoms with Crippen LogP contribution in [0.1, 0.15) is 35.6 Å². The van der Waals surface area contributed by atoms with Crippen LogP contribution in [-0.2, 0) is 15.0 Å². The second-order valence-corrected chi connectivity index (χ2v) is 9.12. The Kier molecular flexibility index (Phi) is 4.89. The average Bonchev–Trinajstić information content (AvgIpc) is 3.06. The van der Waals surface area contributed by atoms with Gasteiger partial charge in [-0.05, 0) is 41.5 Å². The highest BCUT2D eigenvalue weighted by atomic mass is 79.9. The highest BCUT2D eigenvalue weighted by molar-refractivity contribution is 9.10. The summed E-state index contributed by atoms with van der Waals surface area (Å²) in [7, 11) is 0. The molecule has 2 amide bonds. The normalized spacial score (nSPS) is 26.6. The topological polar surface area (TPSA) is 58.2 Å². The first-order chi connectivity index (χ1) is 15.4. The molecule has 0 unspecified atom stereocenters. The molecule has 2 aliphatic heterocycles. The van der Waals surface area contributed by atoms with E-state index in [2.05, 4.69) is 26.6 Å². The summed E-state index contributed by atoms with van der Waals surface area (Å²) in [6.07, 6.45) is 0. The summed E-state index contributed by atoms with van der Waals surface area (Å²) >= 11 is 3.45. The summed E-state index contributed by atoms with van der Waals surface area (Å²) in [5.41, 5.74) is 0.786. The van der Waals surface area contributed by atoms with Crippen molar-refractivity contribution in [3.05, 3.63) is 99.5 Å². The third kappa shape index (κ3) is 2.84. The number of halogens is 3. The number of amides is 2. The number of para-hydroxylation sites is 1. The number of anilines is 1. The maximum Gasteiger partial charge on any atom is 0.238 e. The van der Waals surface area contributed by atoms with Gasteiger partial charge in [-0.2, -0.15) is 0 Å². The van der Waals surface area contributed by atoms with E-state index in [0.717, 1.165) is 0 Å². The van der Waals surface area contributed by atoms with Crippen molar-refractivity contribution < 1.29 is 18.4 Å². The Labute approximate surface area is 192 Å². The highest BCUT2D eigenvalue weighted by Crippen LogP contribution is 2.59. The lowest BCUT2D eigenvalue weighted by atomic mass is 9.56. The molecular weight excluding hydrogens is 478 g/mol. The first kappa shape index (κ1) is 20.8. The molecule has 3 aromatic rings. The first-order valence-electron chi connectivity index (χ1n) is 10.3. The van der Waals surface area contributed by atoms with Crippen molar-refractivity contribution in [2.24, 2.45) is 5.92 Å². The minimum Gasteiger partial charge on any atom is -0.348 e. The minimum atomic E-state index is -1.34. The zero-order chi connectivity index (χ0) is 22.6. The van der Waals surface area contributed by atoms with Crippen molar-refractivity contribution in [1.82, 2.24) is 5.32 Å². The maximum absolute atomic E-state index is 15.3. The molecule has 4 nitrogen and oxygen atoms in total. The number of rotatable bonds is 2. The van der Waals surface area contributed by atoms with Gasteiger partial charge in [-0.1, -0.05) is 59.3 Å². The number of nitrogens with one attached hydrogen (secondary N) is 2. The van der Waals surface area contributed by atoms with Crippen molar-refractivity contribution >= 4 is 33.4 Å². The van der Waals surface area contributed by atoms with Gasteiger partial charge in [0.1, 0.15) is 17.0 Å². The van der Waals surface area contributed by atoms with Gasteiger partial charge in [0.2, 0.25) is 11.8 Å². The molecule has 7 heteroatoms. The van der Waals surface area contributed by atoms with Gasteiger partial charge in [-0.3, -0.25) is 9.59 Å². The molecule has 1 fully saturated rings. The van der Waals surface area contributed by atoms with Crippen LogP contribution < -0.4 is 10.6 Å². The zero-order valence-electron chi connectivity index (χ0n) is 17.0. The van der Waals surface area contributed by atoms with Gasteiger partial charge in [-0.25, -0.2) is 8.78 Å². The highest BCUT2D eigenvalue weighted by Gasteiger charge is 2.63. The van der Waals surface area contributed by atoms with Crippen LogP contribution in [0.3, 0.4) is 0 Å². The number of fused-ring (bicyclic) bond motifs is 2. The molecule has 32 heavy (non-hydrogen) atoms. The number of hydrogen-bond acceptors (Lipinski definition) is 2. The van der Waals surface area contributed by atoms with Gasteiger partial charge in [0.15, 0.2) is 0 Å². The summed E-state index contributed by atoms with van der Waals surface area (Å²) in [6.45, 7) is 1.70. The quantitative estimate of drug-likeness (QED) is 0.511. The molecule has 2 heterocycles. The molecule has 1 spiro atoms. The van der Waals surface area contributed by atoms with Crippen LogP contribution in [0.5, 0.6) is 0 Å². The number of piperidine rings is 1. The van der Waals surface area contributed by atoms with E-state index in [1.54, 1.807) is 37.3 Å². The summed E-state index contributed by atoms with van der Waals surface area (Å²) in [5.74, 6) is -3.09. The van der Waals surface area contributed by atoms with Crippen LogP contribution in [0, 0.1) is 17.6 Å². The van der Waals surface area contributed by atoms with Gasteiger partial charge < -0.3 is 10.6 Å². The van der Waals surface area contributed by atoms with E-state index in [1.807, 2.05) is 18.2 Å². The SMILES string of the molecule is C[C@@H]1C(=O)N[C@H](c2ccc(F)cc2)[C@@]2(C(=O)Nc3ccccc32)[C@H]1c1c(F)cccc1Br. The number of benzene rings is 3. The minimum absolute atomic E-state index is 0.272. The number of hydrogen-bond donors (Lipinski definition) is 2. The van der Waals surface area contributed by atoms with Gasteiger partial charge in [0, 0.05) is 27.6 Å². The van der Waals surface area contributed by atoms with Gasteiger partial charge in [-0.15, -0.1) is 0 Å². The predicted octanol–water partition coefficient (Wildman–Crippen LogP) is 5.21. The molecule has 5 rings (SSSR count). The molecule has 0 bridgehead atoms. The molecule has 162 valence electrons. The van der Waals surface area contributed by atoms with E-state index in [4.69, 9.17) is 0 Å². The van der Waals surface area contributed by atoms with Crippen LogP contribution in [0.25, 0.3) is 0 Å². The van der Waals surface area contributed by atoms with E-state index in [1.165, 1.54) is 18.2 Å². The Hall–Kier alpha value is -3.06. The van der Waals surface area contributed by atoms with Crippen molar-refractivity contribution in [2.45, 2.75) is 24.3 Å². The number of carbonyl (C=O) groups excluding carboxylic acids is 2. The molecule has 1 saturated heterocycles. The molecule has 0 saturated carbocycles. The van der Waals surface area contributed by atoms with Gasteiger partial charge in [0.25, 0.3) is 0 Å².